The zero-order valence-electron chi connectivity index (χ0n) is 7.05. The van der Waals surface area contributed by atoms with E-state index in [4.69, 9.17) is 0 Å². The van der Waals surface area contributed by atoms with Gasteiger partial charge in [0.1, 0.15) is 0 Å². The van der Waals surface area contributed by atoms with Crippen LogP contribution < -0.4 is 0 Å². The second-order valence-corrected chi connectivity index (χ2v) is 3.98. The van der Waals surface area contributed by atoms with Crippen LogP contribution in [0.5, 0.6) is 0 Å². The molecule has 1 fully saturated rings. The summed E-state index contributed by atoms with van der Waals surface area (Å²) in [6, 6.07) is 0. The Hall–Kier alpha value is 0.648. The maximum Gasteiger partial charge on any atom is 0 e. The molecule has 1 rings (SSSR count). The van der Waals surface area contributed by atoms with Gasteiger partial charge in [0.25, 0.3) is 0 Å². The monoisotopic (exact) mass is 310 g/mol. The molecular formula is C8H16NW-. The zero-order valence-corrected chi connectivity index (χ0v) is 9.99. The van der Waals surface area contributed by atoms with Crippen LogP contribution in [0.15, 0.2) is 0 Å². The van der Waals surface area contributed by atoms with E-state index in [0.717, 1.165) is 19.0 Å². The van der Waals surface area contributed by atoms with Crippen LogP contribution in [-0.4, -0.2) is 13.1 Å². The van der Waals surface area contributed by atoms with Crippen LogP contribution in [0.4, 0.5) is 0 Å². The van der Waals surface area contributed by atoms with E-state index in [-0.39, 0.29) is 21.1 Å². The van der Waals surface area contributed by atoms with Gasteiger partial charge in [0, 0.05) is 21.1 Å². The summed E-state index contributed by atoms with van der Waals surface area (Å²) in [4.78, 5) is 0. The standard InChI is InChI=1S/C8H16N.W/c1-8(2,3)7-4-5-9-6-7;/h7H,4-6H2,1-3H3;/q-1;. The molecule has 10 heavy (non-hydrogen) atoms. The van der Waals surface area contributed by atoms with Crippen molar-refractivity contribution in [2.45, 2.75) is 27.2 Å². The predicted molar refractivity (Wildman–Crippen MR) is 40.7 cm³/mol. The van der Waals surface area contributed by atoms with Gasteiger partial charge in [-0.05, 0) is 5.41 Å². The van der Waals surface area contributed by atoms with Crippen LogP contribution >= 0.6 is 0 Å². The molecule has 1 saturated heterocycles. The zero-order chi connectivity index (χ0) is 6.91. The van der Waals surface area contributed by atoms with Crippen molar-refractivity contribution < 1.29 is 21.1 Å². The van der Waals surface area contributed by atoms with Gasteiger partial charge in [0.15, 0.2) is 0 Å². The van der Waals surface area contributed by atoms with E-state index in [0.29, 0.717) is 5.41 Å². The van der Waals surface area contributed by atoms with Gasteiger partial charge in [-0.15, -0.1) is 13.1 Å². The van der Waals surface area contributed by atoms with Gasteiger partial charge in [-0.3, -0.25) is 0 Å². The van der Waals surface area contributed by atoms with E-state index in [1.54, 1.807) is 0 Å². The number of hydrogen-bond acceptors (Lipinski definition) is 0. The third kappa shape index (κ3) is 2.72. The van der Waals surface area contributed by atoms with Crippen molar-refractivity contribution in [3.05, 3.63) is 5.32 Å². The molecule has 0 saturated carbocycles. The van der Waals surface area contributed by atoms with Crippen molar-refractivity contribution in [1.29, 1.82) is 0 Å². The maximum absolute atomic E-state index is 4.33. The molecular weight excluding hydrogens is 294 g/mol. The molecule has 0 spiro atoms. The molecule has 2 heteroatoms. The Kier molecular flexibility index (Phi) is 4.13. The van der Waals surface area contributed by atoms with Gasteiger partial charge < -0.3 is 5.32 Å². The summed E-state index contributed by atoms with van der Waals surface area (Å²) in [6.07, 6.45) is 1.31. The molecule has 0 aromatic carbocycles. The van der Waals surface area contributed by atoms with Crippen LogP contribution in [0.2, 0.25) is 0 Å². The van der Waals surface area contributed by atoms with Crippen molar-refractivity contribution in [3.63, 3.8) is 0 Å². The Morgan fingerprint density at radius 2 is 1.90 bits per heavy atom. The summed E-state index contributed by atoms with van der Waals surface area (Å²) in [5.74, 6) is 0.845. The first kappa shape index (κ1) is 10.6. The Labute approximate surface area is 78.2 Å². The third-order valence-electron chi connectivity index (χ3n) is 2.21. The van der Waals surface area contributed by atoms with Crippen molar-refractivity contribution in [3.8, 4) is 0 Å². The summed E-state index contributed by atoms with van der Waals surface area (Å²) in [5.41, 5.74) is 0.486. The third-order valence-corrected chi connectivity index (χ3v) is 2.21. The van der Waals surface area contributed by atoms with Gasteiger partial charge in [0.05, 0.1) is 0 Å². The summed E-state index contributed by atoms with van der Waals surface area (Å²) in [6.45, 7) is 9.11. The van der Waals surface area contributed by atoms with Crippen LogP contribution in [-0.2, 0) is 21.1 Å². The first-order valence-electron chi connectivity index (χ1n) is 3.74. The van der Waals surface area contributed by atoms with Crippen LogP contribution in [0.1, 0.15) is 27.2 Å². The normalized spacial score (nSPS) is 26.1. The summed E-state index contributed by atoms with van der Waals surface area (Å²) in [5, 5.41) is 4.33. The predicted octanol–water partition coefficient (Wildman–Crippen LogP) is 2.42. The van der Waals surface area contributed by atoms with Crippen LogP contribution in [0.25, 0.3) is 5.32 Å². The molecule has 1 aliphatic rings. The maximum atomic E-state index is 4.33. The van der Waals surface area contributed by atoms with Gasteiger partial charge in [-0.2, -0.15) is 0 Å². The molecule has 1 atom stereocenters. The Balaban J connectivity index is 0.000000810. The minimum Gasteiger partial charge on any atom is -0.662 e. The van der Waals surface area contributed by atoms with Gasteiger partial charge in [-0.25, -0.2) is 0 Å². The van der Waals surface area contributed by atoms with E-state index >= 15 is 0 Å². The van der Waals surface area contributed by atoms with Crippen molar-refractivity contribution in [2.75, 3.05) is 13.1 Å². The average Bonchev–Trinajstić information content (AvgIpc) is 2.08. The van der Waals surface area contributed by atoms with Gasteiger partial charge >= 0.3 is 0 Å². The van der Waals surface area contributed by atoms with E-state index in [1.807, 2.05) is 0 Å². The Morgan fingerprint density at radius 3 is 2.10 bits per heavy atom. The fourth-order valence-corrected chi connectivity index (χ4v) is 1.29. The summed E-state index contributed by atoms with van der Waals surface area (Å²) >= 11 is 0. The molecule has 1 nitrogen and oxygen atoms in total. The topological polar surface area (TPSA) is 14.1 Å². The molecule has 0 aromatic rings. The SMILES string of the molecule is CC(C)(C)C1CC[N-]C1.[W]. The average molecular weight is 310 g/mol. The molecule has 1 aliphatic heterocycles. The molecule has 1 heterocycles. The van der Waals surface area contributed by atoms with Crippen molar-refractivity contribution in [1.82, 2.24) is 0 Å². The quantitative estimate of drug-likeness (QED) is 0.652. The van der Waals surface area contributed by atoms with E-state index in [9.17, 15) is 0 Å². The largest absolute Gasteiger partial charge is 0.662 e. The van der Waals surface area contributed by atoms with E-state index < -0.39 is 0 Å². The number of hydrogen-bond donors (Lipinski definition) is 0. The summed E-state index contributed by atoms with van der Waals surface area (Å²) < 4.78 is 0. The van der Waals surface area contributed by atoms with E-state index in [2.05, 4.69) is 26.1 Å². The summed E-state index contributed by atoms with van der Waals surface area (Å²) in [7, 11) is 0. The molecule has 0 radical (unpaired) electrons. The molecule has 0 aromatic heterocycles. The minimum atomic E-state index is 0. The Bertz CT molecular complexity index is 89.9. The molecule has 60 valence electrons. The van der Waals surface area contributed by atoms with Crippen molar-refractivity contribution in [2.24, 2.45) is 11.3 Å². The first-order chi connectivity index (χ1) is 4.11. The fraction of sp³-hybridized carbons (Fsp3) is 1.00. The van der Waals surface area contributed by atoms with Crippen LogP contribution in [0.3, 0.4) is 0 Å². The molecule has 0 N–H and O–H groups in total. The molecule has 0 bridgehead atoms. The Morgan fingerprint density at radius 1 is 1.30 bits per heavy atom. The van der Waals surface area contributed by atoms with Crippen LogP contribution in [0, 0.1) is 11.3 Å². The van der Waals surface area contributed by atoms with E-state index in [1.165, 1.54) is 6.42 Å². The number of rotatable bonds is 0. The fourth-order valence-electron chi connectivity index (χ4n) is 1.29. The van der Waals surface area contributed by atoms with Crippen molar-refractivity contribution >= 4 is 0 Å². The number of nitrogens with zero attached hydrogens (tertiary/aromatic N) is 1. The van der Waals surface area contributed by atoms with Gasteiger partial charge in [0.2, 0.25) is 0 Å². The van der Waals surface area contributed by atoms with Gasteiger partial charge in [-0.1, -0.05) is 33.1 Å². The minimum absolute atomic E-state index is 0. The first-order valence-corrected chi connectivity index (χ1v) is 3.74. The molecule has 1 unspecified atom stereocenters. The second-order valence-electron chi connectivity index (χ2n) is 3.98. The smallest absolute Gasteiger partial charge is 0 e. The molecule has 0 aliphatic carbocycles. The second kappa shape index (κ2) is 3.87. The molecule has 0 amide bonds.